The summed E-state index contributed by atoms with van der Waals surface area (Å²) in [5.74, 6) is 0.246. The SMILES string of the molecule is CC1CC(C#N)(Nc2ccccc2F)C1. The van der Waals surface area contributed by atoms with Crippen molar-refractivity contribution in [2.45, 2.75) is 25.3 Å². The molecular weight excluding hydrogens is 191 g/mol. The van der Waals surface area contributed by atoms with Gasteiger partial charge in [0.25, 0.3) is 0 Å². The standard InChI is InChI=1S/C12H13FN2/c1-9-6-12(7-9,8-14)15-11-5-3-2-4-10(11)13/h2-5,9,15H,6-7H2,1H3. The highest BCUT2D eigenvalue weighted by molar-refractivity contribution is 5.50. The molecule has 0 aliphatic heterocycles. The third-order valence-corrected chi connectivity index (χ3v) is 2.86. The zero-order chi connectivity index (χ0) is 10.9. The van der Waals surface area contributed by atoms with Gasteiger partial charge in [0.15, 0.2) is 0 Å². The van der Waals surface area contributed by atoms with Crippen LogP contribution in [0.15, 0.2) is 24.3 Å². The van der Waals surface area contributed by atoms with E-state index in [-0.39, 0.29) is 5.82 Å². The molecular formula is C12H13FN2. The Morgan fingerprint density at radius 1 is 1.47 bits per heavy atom. The monoisotopic (exact) mass is 204 g/mol. The Hall–Kier alpha value is -1.56. The molecule has 2 rings (SSSR count). The van der Waals surface area contributed by atoms with Crippen molar-refractivity contribution in [2.75, 3.05) is 5.32 Å². The van der Waals surface area contributed by atoms with E-state index in [9.17, 15) is 4.39 Å². The Morgan fingerprint density at radius 3 is 2.67 bits per heavy atom. The maximum Gasteiger partial charge on any atom is 0.146 e. The first-order valence-corrected chi connectivity index (χ1v) is 5.09. The third kappa shape index (κ3) is 1.80. The minimum atomic E-state index is -0.554. The number of rotatable bonds is 2. The molecule has 0 amide bonds. The van der Waals surface area contributed by atoms with Gasteiger partial charge < -0.3 is 5.32 Å². The Balaban J connectivity index is 2.16. The molecule has 1 saturated carbocycles. The molecule has 0 radical (unpaired) electrons. The predicted molar refractivity (Wildman–Crippen MR) is 56.8 cm³/mol. The maximum absolute atomic E-state index is 13.3. The van der Waals surface area contributed by atoms with Crippen molar-refractivity contribution in [1.29, 1.82) is 5.26 Å². The summed E-state index contributed by atoms with van der Waals surface area (Å²) in [4.78, 5) is 0. The van der Waals surface area contributed by atoms with Gasteiger partial charge in [0.05, 0.1) is 11.8 Å². The first-order valence-electron chi connectivity index (χ1n) is 5.09. The van der Waals surface area contributed by atoms with Crippen LogP contribution in [0.1, 0.15) is 19.8 Å². The van der Waals surface area contributed by atoms with Crippen molar-refractivity contribution in [3.05, 3.63) is 30.1 Å². The molecule has 1 aromatic rings. The summed E-state index contributed by atoms with van der Waals surface area (Å²) >= 11 is 0. The highest BCUT2D eigenvalue weighted by atomic mass is 19.1. The van der Waals surface area contributed by atoms with Gasteiger partial charge in [-0.05, 0) is 30.9 Å². The normalized spacial score (nSPS) is 29.0. The number of nitrogens with zero attached hydrogens (tertiary/aromatic N) is 1. The number of halogens is 1. The molecule has 0 bridgehead atoms. The third-order valence-electron chi connectivity index (χ3n) is 2.86. The summed E-state index contributed by atoms with van der Waals surface area (Å²) in [6.45, 7) is 2.10. The Morgan fingerprint density at radius 2 is 2.13 bits per heavy atom. The van der Waals surface area contributed by atoms with E-state index in [2.05, 4.69) is 18.3 Å². The van der Waals surface area contributed by atoms with E-state index in [0.29, 0.717) is 11.6 Å². The molecule has 1 fully saturated rings. The van der Waals surface area contributed by atoms with Gasteiger partial charge in [-0.1, -0.05) is 19.1 Å². The van der Waals surface area contributed by atoms with E-state index in [1.807, 2.05) is 0 Å². The van der Waals surface area contributed by atoms with Gasteiger partial charge in [-0.25, -0.2) is 4.39 Å². The minimum absolute atomic E-state index is 0.299. The van der Waals surface area contributed by atoms with Crippen LogP contribution in [-0.2, 0) is 0 Å². The highest BCUT2D eigenvalue weighted by Crippen LogP contribution is 2.39. The lowest BCUT2D eigenvalue weighted by molar-refractivity contribution is 0.243. The van der Waals surface area contributed by atoms with Crippen molar-refractivity contribution >= 4 is 5.69 Å². The molecule has 0 aromatic heterocycles. The molecule has 15 heavy (non-hydrogen) atoms. The summed E-state index contributed by atoms with van der Waals surface area (Å²) in [7, 11) is 0. The second kappa shape index (κ2) is 3.54. The van der Waals surface area contributed by atoms with Crippen LogP contribution in [-0.4, -0.2) is 5.54 Å². The second-order valence-corrected chi connectivity index (χ2v) is 4.31. The predicted octanol–water partition coefficient (Wildman–Crippen LogP) is 2.93. The van der Waals surface area contributed by atoms with Crippen LogP contribution in [0, 0.1) is 23.1 Å². The number of benzene rings is 1. The zero-order valence-corrected chi connectivity index (χ0v) is 8.63. The lowest BCUT2D eigenvalue weighted by atomic mass is 9.70. The molecule has 1 aliphatic carbocycles. The first kappa shape index (κ1) is 9.97. The van der Waals surface area contributed by atoms with E-state index in [1.54, 1.807) is 18.2 Å². The zero-order valence-electron chi connectivity index (χ0n) is 8.63. The van der Waals surface area contributed by atoms with Gasteiger partial charge in [-0.15, -0.1) is 0 Å². The van der Waals surface area contributed by atoms with Crippen molar-refractivity contribution in [3.8, 4) is 6.07 Å². The fraction of sp³-hybridized carbons (Fsp3) is 0.417. The van der Waals surface area contributed by atoms with Crippen LogP contribution in [0.2, 0.25) is 0 Å². The van der Waals surface area contributed by atoms with Crippen LogP contribution >= 0.6 is 0 Å². The second-order valence-electron chi connectivity index (χ2n) is 4.31. The Labute approximate surface area is 88.7 Å². The molecule has 0 spiro atoms. The average molecular weight is 204 g/mol. The molecule has 0 saturated heterocycles. The smallest absolute Gasteiger partial charge is 0.146 e. The van der Waals surface area contributed by atoms with E-state index in [1.165, 1.54) is 6.07 Å². The largest absolute Gasteiger partial charge is 0.365 e. The summed E-state index contributed by atoms with van der Waals surface area (Å²) in [6.07, 6.45) is 1.58. The van der Waals surface area contributed by atoms with Gasteiger partial charge in [-0.3, -0.25) is 0 Å². The summed E-state index contributed by atoms with van der Waals surface area (Å²) < 4.78 is 13.3. The molecule has 0 atom stereocenters. The average Bonchev–Trinajstić information content (AvgIpc) is 2.18. The van der Waals surface area contributed by atoms with E-state index in [4.69, 9.17) is 5.26 Å². The van der Waals surface area contributed by atoms with Gasteiger partial charge in [0.1, 0.15) is 11.4 Å². The number of hydrogen-bond acceptors (Lipinski definition) is 2. The van der Waals surface area contributed by atoms with Crippen molar-refractivity contribution in [2.24, 2.45) is 5.92 Å². The highest BCUT2D eigenvalue weighted by Gasteiger charge is 2.42. The molecule has 3 heteroatoms. The fourth-order valence-electron chi connectivity index (χ4n) is 2.17. The van der Waals surface area contributed by atoms with Crippen LogP contribution in [0.3, 0.4) is 0 Å². The fourth-order valence-corrected chi connectivity index (χ4v) is 2.17. The number of hydrogen-bond donors (Lipinski definition) is 1. The van der Waals surface area contributed by atoms with Gasteiger partial charge in [0.2, 0.25) is 0 Å². The molecule has 1 aromatic carbocycles. The molecule has 0 unspecified atom stereocenters. The van der Waals surface area contributed by atoms with Crippen molar-refractivity contribution < 1.29 is 4.39 Å². The quantitative estimate of drug-likeness (QED) is 0.804. The van der Waals surface area contributed by atoms with E-state index < -0.39 is 5.54 Å². The number of anilines is 1. The number of nitriles is 1. The molecule has 1 aliphatic rings. The van der Waals surface area contributed by atoms with Crippen LogP contribution in [0.5, 0.6) is 0 Å². The summed E-state index contributed by atoms with van der Waals surface area (Å²) in [5.41, 5.74) is -0.132. The summed E-state index contributed by atoms with van der Waals surface area (Å²) in [5, 5.41) is 12.1. The van der Waals surface area contributed by atoms with Crippen LogP contribution in [0.25, 0.3) is 0 Å². The van der Waals surface area contributed by atoms with Crippen molar-refractivity contribution in [1.82, 2.24) is 0 Å². The molecule has 2 nitrogen and oxygen atoms in total. The Kier molecular flexibility index (Phi) is 2.36. The van der Waals surface area contributed by atoms with E-state index >= 15 is 0 Å². The molecule has 1 N–H and O–H groups in total. The van der Waals surface area contributed by atoms with Crippen molar-refractivity contribution in [3.63, 3.8) is 0 Å². The minimum Gasteiger partial charge on any atom is -0.365 e. The van der Waals surface area contributed by atoms with Gasteiger partial charge >= 0.3 is 0 Å². The lowest BCUT2D eigenvalue weighted by Crippen LogP contribution is -2.48. The number of nitrogens with one attached hydrogen (secondary N) is 1. The lowest BCUT2D eigenvalue weighted by Gasteiger charge is -2.42. The van der Waals surface area contributed by atoms with Crippen LogP contribution < -0.4 is 5.32 Å². The molecule has 78 valence electrons. The van der Waals surface area contributed by atoms with E-state index in [0.717, 1.165) is 12.8 Å². The summed E-state index contributed by atoms with van der Waals surface area (Å²) in [6, 6.07) is 8.71. The Bertz CT molecular complexity index is 402. The van der Waals surface area contributed by atoms with Crippen LogP contribution in [0.4, 0.5) is 10.1 Å². The number of para-hydroxylation sites is 1. The topological polar surface area (TPSA) is 35.8 Å². The molecule has 0 heterocycles. The van der Waals surface area contributed by atoms with Gasteiger partial charge in [0, 0.05) is 0 Å². The first-order chi connectivity index (χ1) is 7.15. The maximum atomic E-state index is 13.3. The van der Waals surface area contributed by atoms with Gasteiger partial charge in [-0.2, -0.15) is 5.26 Å².